The highest BCUT2D eigenvalue weighted by atomic mass is 16.5. The zero-order valence-electron chi connectivity index (χ0n) is 20.8. The Bertz CT molecular complexity index is 1340. The van der Waals surface area contributed by atoms with Crippen LogP contribution >= 0.6 is 0 Å². The third-order valence-electron chi connectivity index (χ3n) is 6.02. The van der Waals surface area contributed by atoms with Crippen molar-refractivity contribution >= 4 is 5.91 Å². The summed E-state index contributed by atoms with van der Waals surface area (Å²) in [7, 11) is 1.55. The first-order valence-electron chi connectivity index (χ1n) is 11.9. The first-order valence-corrected chi connectivity index (χ1v) is 11.9. The molecule has 3 aromatic rings. The Morgan fingerprint density at radius 1 is 1.08 bits per heavy atom. The van der Waals surface area contributed by atoms with Crippen LogP contribution in [0.25, 0.3) is 5.69 Å². The number of benzene rings is 2. The van der Waals surface area contributed by atoms with Crippen LogP contribution < -0.4 is 21.3 Å². The van der Waals surface area contributed by atoms with E-state index in [1.165, 1.54) is 0 Å². The summed E-state index contributed by atoms with van der Waals surface area (Å²) in [6.45, 7) is 7.66. The molecule has 0 atom stereocenters. The second kappa shape index (κ2) is 11.3. The Morgan fingerprint density at radius 2 is 1.81 bits per heavy atom. The molecule has 0 radical (unpaired) electrons. The first-order chi connectivity index (χ1) is 17.4. The molecule has 1 saturated heterocycles. The van der Waals surface area contributed by atoms with E-state index in [9.17, 15) is 14.4 Å². The molecule has 1 aliphatic heterocycles. The third kappa shape index (κ3) is 5.89. The maximum atomic E-state index is 13.4. The molecule has 0 aliphatic carbocycles. The van der Waals surface area contributed by atoms with Crippen LogP contribution in [0.5, 0.6) is 5.75 Å². The molecule has 0 unspecified atom stereocenters. The number of carbonyl (C=O) groups is 1. The highest BCUT2D eigenvalue weighted by Crippen LogP contribution is 2.14. The van der Waals surface area contributed by atoms with E-state index in [0.29, 0.717) is 43.3 Å². The van der Waals surface area contributed by atoms with Crippen molar-refractivity contribution in [2.45, 2.75) is 20.4 Å². The van der Waals surface area contributed by atoms with Gasteiger partial charge >= 0.3 is 5.69 Å². The van der Waals surface area contributed by atoms with E-state index in [1.807, 2.05) is 19.9 Å². The second-order valence-corrected chi connectivity index (χ2v) is 8.84. The molecule has 36 heavy (non-hydrogen) atoms. The van der Waals surface area contributed by atoms with Gasteiger partial charge in [0.1, 0.15) is 5.75 Å². The van der Waals surface area contributed by atoms with Crippen LogP contribution in [0.15, 0.2) is 52.1 Å². The van der Waals surface area contributed by atoms with Crippen LogP contribution in [-0.2, 0) is 11.3 Å². The maximum Gasteiger partial charge on any atom is 0.352 e. The van der Waals surface area contributed by atoms with Gasteiger partial charge in [-0.15, -0.1) is 0 Å². The number of morpholine rings is 1. The van der Waals surface area contributed by atoms with E-state index in [4.69, 9.17) is 9.47 Å². The van der Waals surface area contributed by atoms with Gasteiger partial charge in [-0.3, -0.25) is 19.1 Å². The lowest BCUT2D eigenvalue weighted by Gasteiger charge is -2.26. The van der Waals surface area contributed by atoms with Crippen LogP contribution in [-0.4, -0.2) is 71.7 Å². The van der Waals surface area contributed by atoms with Crippen LogP contribution in [0, 0.1) is 13.8 Å². The maximum absolute atomic E-state index is 13.4. The van der Waals surface area contributed by atoms with Crippen LogP contribution in [0.4, 0.5) is 0 Å². The third-order valence-corrected chi connectivity index (χ3v) is 6.02. The van der Waals surface area contributed by atoms with Gasteiger partial charge in [0.25, 0.3) is 11.5 Å². The average molecular weight is 494 g/mol. The number of methoxy groups -OCH3 is 1. The predicted octanol–water partition coefficient (Wildman–Crippen LogP) is 1.13. The van der Waals surface area contributed by atoms with Crippen LogP contribution in [0.3, 0.4) is 0 Å². The summed E-state index contributed by atoms with van der Waals surface area (Å²) in [6.07, 6.45) is 0. The lowest BCUT2D eigenvalue weighted by molar-refractivity contribution is 0.0383. The molecule has 10 nitrogen and oxygen atoms in total. The Balaban J connectivity index is 1.71. The number of ether oxygens (including phenoxy) is 2. The number of amides is 1. The van der Waals surface area contributed by atoms with Crippen molar-refractivity contribution in [3.63, 3.8) is 0 Å². The molecule has 1 fully saturated rings. The summed E-state index contributed by atoms with van der Waals surface area (Å²) in [5, 5.41) is 7.01. The fraction of sp³-hybridized carbons (Fsp3) is 0.385. The molecule has 190 valence electrons. The van der Waals surface area contributed by atoms with Crippen molar-refractivity contribution in [3.8, 4) is 11.4 Å². The zero-order valence-corrected chi connectivity index (χ0v) is 20.8. The summed E-state index contributed by atoms with van der Waals surface area (Å²) in [6, 6.07) is 12.7. The standard InChI is InChI=1S/C26H31N5O5/c1-18-13-19(2)15-21(14-18)31-26(34)30(17-20-5-4-6-22(16-20)35-3)25(33)23(28-31)24(32)27-7-8-29-9-11-36-12-10-29/h4-6,13-16H,7-12,17H2,1-3H3,(H,27,32). The predicted molar refractivity (Wildman–Crippen MR) is 135 cm³/mol. The number of carbonyl (C=O) groups excluding carboxylic acids is 1. The van der Waals surface area contributed by atoms with Gasteiger partial charge in [-0.05, 0) is 54.8 Å². The SMILES string of the molecule is COc1cccc(Cn2c(=O)c(C(=O)NCCN3CCOCC3)nn(-c3cc(C)cc(C)c3)c2=O)c1. The highest BCUT2D eigenvalue weighted by Gasteiger charge is 2.21. The number of rotatable bonds is 8. The van der Waals surface area contributed by atoms with Crippen molar-refractivity contribution in [1.29, 1.82) is 0 Å². The fourth-order valence-corrected chi connectivity index (χ4v) is 4.23. The van der Waals surface area contributed by atoms with Crippen LogP contribution in [0.1, 0.15) is 27.2 Å². The number of aromatic nitrogens is 3. The summed E-state index contributed by atoms with van der Waals surface area (Å²) in [5.74, 6) is -0.0175. The van der Waals surface area contributed by atoms with E-state index in [0.717, 1.165) is 33.5 Å². The van der Waals surface area contributed by atoms with Gasteiger partial charge in [0.05, 0.1) is 32.6 Å². The monoisotopic (exact) mass is 493 g/mol. The first kappa shape index (κ1) is 25.3. The molecule has 1 amide bonds. The smallest absolute Gasteiger partial charge is 0.352 e. The molecular weight excluding hydrogens is 462 g/mol. The molecule has 1 aromatic heterocycles. The molecule has 10 heteroatoms. The molecule has 4 rings (SSSR count). The number of nitrogens with zero attached hydrogens (tertiary/aromatic N) is 4. The van der Waals surface area contributed by atoms with Crippen molar-refractivity contribution in [2.24, 2.45) is 0 Å². The van der Waals surface area contributed by atoms with Gasteiger partial charge in [0, 0.05) is 26.2 Å². The summed E-state index contributed by atoms with van der Waals surface area (Å²) < 4.78 is 12.8. The molecule has 0 bridgehead atoms. The Kier molecular flexibility index (Phi) is 7.97. The Morgan fingerprint density at radius 3 is 2.50 bits per heavy atom. The lowest BCUT2D eigenvalue weighted by Crippen LogP contribution is -2.47. The zero-order chi connectivity index (χ0) is 25.7. The van der Waals surface area contributed by atoms with Gasteiger partial charge in [-0.2, -0.15) is 9.78 Å². The van der Waals surface area contributed by atoms with Crippen molar-refractivity contribution in [3.05, 3.63) is 85.7 Å². The van der Waals surface area contributed by atoms with Crippen LogP contribution in [0.2, 0.25) is 0 Å². The van der Waals surface area contributed by atoms with E-state index < -0.39 is 17.2 Å². The fourth-order valence-electron chi connectivity index (χ4n) is 4.23. The van der Waals surface area contributed by atoms with Gasteiger partial charge < -0.3 is 14.8 Å². The topological polar surface area (TPSA) is 108 Å². The van der Waals surface area contributed by atoms with Gasteiger partial charge in [-0.1, -0.05) is 18.2 Å². The molecular formula is C26H31N5O5. The minimum Gasteiger partial charge on any atom is -0.497 e. The van der Waals surface area contributed by atoms with Crippen molar-refractivity contribution in [1.82, 2.24) is 24.6 Å². The molecule has 0 saturated carbocycles. The average Bonchev–Trinajstić information content (AvgIpc) is 2.86. The number of hydrogen-bond acceptors (Lipinski definition) is 7. The Hall–Kier alpha value is -3.76. The molecule has 0 spiro atoms. The Labute approximate surface area is 209 Å². The number of hydrogen-bond donors (Lipinski definition) is 1. The van der Waals surface area contributed by atoms with E-state index in [-0.39, 0.29) is 12.2 Å². The molecule has 1 aliphatic rings. The molecule has 2 aromatic carbocycles. The highest BCUT2D eigenvalue weighted by molar-refractivity contribution is 5.91. The van der Waals surface area contributed by atoms with Gasteiger partial charge in [-0.25, -0.2) is 4.79 Å². The summed E-state index contributed by atoms with van der Waals surface area (Å²) >= 11 is 0. The normalized spacial score (nSPS) is 14.0. The minimum absolute atomic E-state index is 0.0315. The lowest BCUT2D eigenvalue weighted by atomic mass is 10.1. The van der Waals surface area contributed by atoms with Gasteiger partial charge in [0.15, 0.2) is 0 Å². The summed E-state index contributed by atoms with van der Waals surface area (Å²) in [4.78, 5) is 42.0. The number of nitrogens with one attached hydrogen (secondary N) is 1. The van der Waals surface area contributed by atoms with Crippen molar-refractivity contribution < 1.29 is 14.3 Å². The minimum atomic E-state index is -0.743. The van der Waals surface area contributed by atoms with Crippen molar-refractivity contribution in [2.75, 3.05) is 46.5 Å². The largest absolute Gasteiger partial charge is 0.497 e. The second-order valence-electron chi connectivity index (χ2n) is 8.84. The van der Waals surface area contributed by atoms with Gasteiger partial charge in [0.2, 0.25) is 5.69 Å². The summed E-state index contributed by atoms with van der Waals surface area (Å²) in [5.41, 5.74) is 1.33. The quantitative estimate of drug-likeness (QED) is 0.501. The van der Waals surface area contributed by atoms with E-state index in [1.54, 1.807) is 43.5 Å². The molecule has 2 heterocycles. The number of aryl methyl sites for hydroxylation is 2. The van der Waals surface area contributed by atoms with E-state index >= 15 is 0 Å². The van der Waals surface area contributed by atoms with E-state index in [2.05, 4.69) is 15.3 Å². The molecule has 1 N–H and O–H groups in total.